The first-order valence-electron chi connectivity index (χ1n) is 28.1. The first-order chi connectivity index (χ1) is 32.0. The van der Waals surface area contributed by atoms with E-state index in [9.17, 15) is 14.4 Å². The number of unbranched alkanes of at least 4 members (excludes halogenated alkanes) is 32. The van der Waals surface area contributed by atoms with Crippen molar-refractivity contribution < 1.29 is 28.6 Å². The number of carbonyl (C=O) groups excluding carboxylic acids is 3. The third-order valence-corrected chi connectivity index (χ3v) is 12.3. The fourth-order valence-electron chi connectivity index (χ4n) is 8.10. The molecule has 0 aromatic carbocycles. The first-order valence-corrected chi connectivity index (χ1v) is 28.1. The quantitative estimate of drug-likeness (QED) is 0.0262. The van der Waals surface area contributed by atoms with Crippen molar-refractivity contribution in [3.63, 3.8) is 0 Å². The second-order valence-corrected chi connectivity index (χ2v) is 18.8. The Balaban J connectivity index is 4.37. The minimum atomic E-state index is -0.778. The number of carbonyl (C=O) groups is 3. The van der Waals surface area contributed by atoms with E-state index in [1.165, 1.54) is 161 Å². The predicted octanol–water partition coefficient (Wildman–Crippen LogP) is 18.7. The maximum absolute atomic E-state index is 12.8. The van der Waals surface area contributed by atoms with Crippen LogP contribution in [-0.2, 0) is 28.6 Å². The summed E-state index contributed by atoms with van der Waals surface area (Å²) in [7, 11) is 0. The molecule has 0 fully saturated rings. The van der Waals surface area contributed by atoms with Crippen LogP contribution in [-0.4, -0.2) is 37.2 Å². The molecular formula is C59H106O6. The molecule has 0 rings (SSSR count). The Kier molecular flexibility index (Phi) is 51.8. The largest absolute Gasteiger partial charge is 0.462 e. The van der Waals surface area contributed by atoms with Gasteiger partial charge in [0.15, 0.2) is 6.10 Å². The molecule has 0 N–H and O–H groups in total. The Morgan fingerprint density at radius 1 is 0.323 bits per heavy atom. The van der Waals surface area contributed by atoms with Crippen LogP contribution in [0.3, 0.4) is 0 Å². The summed E-state index contributed by atoms with van der Waals surface area (Å²) < 4.78 is 16.9. The van der Waals surface area contributed by atoms with Gasteiger partial charge in [0, 0.05) is 19.3 Å². The van der Waals surface area contributed by atoms with Gasteiger partial charge in [-0.25, -0.2) is 0 Å². The lowest BCUT2D eigenvalue weighted by molar-refractivity contribution is -0.167. The van der Waals surface area contributed by atoms with Gasteiger partial charge in [-0.05, 0) is 77.0 Å². The van der Waals surface area contributed by atoms with E-state index in [0.717, 1.165) is 89.9 Å². The van der Waals surface area contributed by atoms with E-state index in [1.54, 1.807) is 0 Å². The van der Waals surface area contributed by atoms with Gasteiger partial charge < -0.3 is 14.2 Å². The average Bonchev–Trinajstić information content (AvgIpc) is 3.30. The van der Waals surface area contributed by atoms with Crippen molar-refractivity contribution in [2.24, 2.45) is 0 Å². The Morgan fingerprint density at radius 3 is 0.954 bits per heavy atom. The molecule has 0 bridgehead atoms. The van der Waals surface area contributed by atoms with Gasteiger partial charge in [-0.15, -0.1) is 0 Å². The third-order valence-electron chi connectivity index (χ3n) is 12.3. The summed E-state index contributed by atoms with van der Waals surface area (Å²) in [6.45, 7) is 6.54. The fraction of sp³-hybridized carbons (Fsp3) is 0.814. The van der Waals surface area contributed by atoms with Crippen molar-refractivity contribution in [3.8, 4) is 0 Å². The molecule has 0 aliphatic rings. The first kappa shape index (κ1) is 62.4. The lowest BCUT2D eigenvalue weighted by atomic mass is 10.0. The Hall–Kier alpha value is -2.63. The van der Waals surface area contributed by atoms with Crippen molar-refractivity contribution >= 4 is 17.9 Å². The zero-order chi connectivity index (χ0) is 47.2. The van der Waals surface area contributed by atoms with Gasteiger partial charge in [0.05, 0.1) is 0 Å². The summed E-state index contributed by atoms with van der Waals surface area (Å²) in [4.78, 5) is 38.1. The molecule has 0 saturated heterocycles. The zero-order valence-electron chi connectivity index (χ0n) is 43.3. The molecule has 0 heterocycles. The van der Waals surface area contributed by atoms with Crippen molar-refractivity contribution in [2.45, 2.75) is 297 Å². The summed E-state index contributed by atoms with van der Waals surface area (Å²) >= 11 is 0. The van der Waals surface area contributed by atoms with Crippen LogP contribution in [0.5, 0.6) is 0 Å². The molecule has 6 nitrogen and oxygen atoms in total. The summed E-state index contributed by atoms with van der Waals surface area (Å²) in [6.07, 6.45) is 65.2. The van der Waals surface area contributed by atoms with E-state index in [-0.39, 0.29) is 31.1 Å². The van der Waals surface area contributed by atoms with E-state index < -0.39 is 6.10 Å². The van der Waals surface area contributed by atoms with Gasteiger partial charge in [-0.1, -0.05) is 243 Å². The van der Waals surface area contributed by atoms with Crippen LogP contribution in [0.1, 0.15) is 290 Å². The number of rotatable bonds is 51. The number of esters is 3. The van der Waals surface area contributed by atoms with Crippen molar-refractivity contribution in [1.82, 2.24) is 0 Å². The van der Waals surface area contributed by atoms with E-state index in [2.05, 4.69) is 69.4 Å². The fourth-order valence-corrected chi connectivity index (χ4v) is 8.10. The molecule has 1 unspecified atom stereocenters. The molecular weight excluding hydrogens is 805 g/mol. The molecule has 378 valence electrons. The molecule has 0 spiro atoms. The second kappa shape index (κ2) is 54.0. The molecule has 6 heteroatoms. The second-order valence-electron chi connectivity index (χ2n) is 18.8. The van der Waals surface area contributed by atoms with Crippen LogP contribution >= 0.6 is 0 Å². The highest BCUT2D eigenvalue weighted by Gasteiger charge is 2.19. The Bertz CT molecular complexity index is 1140. The monoisotopic (exact) mass is 911 g/mol. The summed E-state index contributed by atoms with van der Waals surface area (Å²) in [5.41, 5.74) is 0. The summed E-state index contributed by atoms with van der Waals surface area (Å²) in [5, 5.41) is 0. The van der Waals surface area contributed by atoms with Gasteiger partial charge in [0.1, 0.15) is 13.2 Å². The lowest BCUT2D eigenvalue weighted by Crippen LogP contribution is -2.30. The topological polar surface area (TPSA) is 78.9 Å². The molecule has 65 heavy (non-hydrogen) atoms. The molecule has 1 atom stereocenters. The van der Waals surface area contributed by atoms with Gasteiger partial charge in [-0.3, -0.25) is 14.4 Å². The maximum Gasteiger partial charge on any atom is 0.306 e. The Morgan fingerprint density at radius 2 is 0.600 bits per heavy atom. The minimum Gasteiger partial charge on any atom is -0.462 e. The van der Waals surface area contributed by atoms with Crippen LogP contribution in [0, 0.1) is 0 Å². The van der Waals surface area contributed by atoms with E-state index in [0.29, 0.717) is 19.3 Å². The van der Waals surface area contributed by atoms with Crippen LogP contribution in [0.25, 0.3) is 0 Å². The molecule has 0 aromatic rings. The van der Waals surface area contributed by atoms with Crippen LogP contribution in [0.2, 0.25) is 0 Å². The minimum absolute atomic E-state index is 0.0778. The highest BCUT2D eigenvalue weighted by atomic mass is 16.6. The standard InChI is InChI=1S/C59H106O6/c1-4-7-10-13-16-19-22-25-28-30-32-34-37-40-43-46-49-52-58(61)64-55-56(54-63-57(60)51-48-45-42-39-36-33-27-24-21-18-15-12-9-6-3)65-59(62)53-50-47-44-41-38-35-31-29-26-23-20-17-14-11-8-5-2/h7,10,16,19,24-25,27-28,56H,4-6,8-9,11-15,17-18,20-23,26,29-55H2,1-3H3/b10-7-,19-16-,27-24-,28-25-. The van der Waals surface area contributed by atoms with Crippen LogP contribution < -0.4 is 0 Å². The molecule has 0 saturated carbocycles. The third kappa shape index (κ3) is 52.2. The van der Waals surface area contributed by atoms with Crippen molar-refractivity contribution in [2.75, 3.05) is 13.2 Å². The highest BCUT2D eigenvalue weighted by molar-refractivity contribution is 5.71. The Labute approximate surface area is 403 Å². The average molecular weight is 911 g/mol. The van der Waals surface area contributed by atoms with Crippen LogP contribution in [0.15, 0.2) is 48.6 Å². The molecule has 0 aliphatic heterocycles. The van der Waals surface area contributed by atoms with Crippen molar-refractivity contribution in [3.05, 3.63) is 48.6 Å². The normalized spacial score (nSPS) is 12.4. The predicted molar refractivity (Wildman–Crippen MR) is 279 cm³/mol. The van der Waals surface area contributed by atoms with Crippen LogP contribution in [0.4, 0.5) is 0 Å². The van der Waals surface area contributed by atoms with E-state index >= 15 is 0 Å². The van der Waals surface area contributed by atoms with Gasteiger partial charge in [0.2, 0.25) is 0 Å². The van der Waals surface area contributed by atoms with Gasteiger partial charge in [0.25, 0.3) is 0 Å². The summed E-state index contributed by atoms with van der Waals surface area (Å²) in [5.74, 6) is -0.881. The van der Waals surface area contributed by atoms with E-state index in [1.807, 2.05) is 0 Å². The SMILES string of the molecule is CC/C=C\C/C=C\C/C=C\CCCCCCCCCC(=O)OCC(COC(=O)CCCCCCC/C=C\CCCCCCC)OC(=O)CCCCCCCCCCCCCCCCCC. The molecule has 0 radical (unpaired) electrons. The number of hydrogen-bond acceptors (Lipinski definition) is 6. The lowest BCUT2D eigenvalue weighted by Gasteiger charge is -2.18. The van der Waals surface area contributed by atoms with Gasteiger partial charge >= 0.3 is 17.9 Å². The molecule has 0 amide bonds. The number of allylic oxidation sites excluding steroid dienone is 8. The number of hydrogen-bond donors (Lipinski definition) is 0. The molecule has 0 aromatic heterocycles. The smallest absolute Gasteiger partial charge is 0.306 e. The highest BCUT2D eigenvalue weighted by Crippen LogP contribution is 2.16. The zero-order valence-corrected chi connectivity index (χ0v) is 43.3. The van der Waals surface area contributed by atoms with Gasteiger partial charge in [-0.2, -0.15) is 0 Å². The van der Waals surface area contributed by atoms with Crippen molar-refractivity contribution in [1.29, 1.82) is 0 Å². The summed E-state index contributed by atoms with van der Waals surface area (Å²) in [6, 6.07) is 0. The maximum atomic E-state index is 12.8. The number of ether oxygens (including phenoxy) is 3. The molecule has 0 aliphatic carbocycles. The van der Waals surface area contributed by atoms with E-state index in [4.69, 9.17) is 14.2 Å².